The topological polar surface area (TPSA) is 48.9 Å². The molecule has 5 nitrogen and oxygen atoms in total. The highest BCUT2D eigenvalue weighted by atomic mass is 35.5. The van der Waals surface area contributed by atoms with Crippen molar-refractivity contribution in [2.45, 2.75) is 12.8 Å². The van der Waals surface area contributed by atoms with Crippen LogP contribution in [0.3, 0.4) is 0 Å². The standard InChI is InChI=1S/C22H29ClN4O/c1-24-22(25-12-10-18-8-9-20(28-2)14-21(18)23)26-15-17-11-13-27(16-17)19-6-4-3-5-7-19/h3-9,14,17H,10-13,15-16H2,1-2H3,(H2,24,25,26). The summed E-state index contributed by atoms with van der Waals surface area (Å²) in [6.45, 7) is 3.88. The fraction of sp³-hybridized carbons (Fsp3) is 0.409. The lowest BCUT2D eigenvalue weighted by Crippen LogP contribution is -2.41. The number of anilines is 1. The molecule has 1 saturated heterocycles. The highest BCUT2D eigenvalue weighted by molar-refractivity contribution is 6.31. The van der Waals surface area contributed by atoms with Gasteiger partial charge in [-0.2, -0.15) is 0 Å². The Morgan fingerprint density at radius 3 is 2.75 bits per heavy atom. The average molecular weight is 401 g/mol. The van der Waals surface area contributed by atoms with Crippen molar-refractivity contribution in [3.63, 3.8) is 0 Å². The summed E-state index contributed by atoms with van der Waals surface area (Å²) in [5.74, 6) is 2.23. The predicted molar refractivity (Wildman–Crippen MR) is 118 cm³/mol. The van der Waals surface area contributed by atoms with Crippen LogP contribution in [0, 0.1) is 5.92 Å². The summed E-state index contributed by atoms with van der Waals surface area (Å²) < 4.78 is 5.19. The second-order valence-electron chi connectivity index (χ2n) is 7.02. The normalized spacial score (nSPS) is 16.9. The molecule has 1 unspecified atom stereocenters. The van der Waals surface area contributed by atoms with Crippen molar-refractivity contribution >= 4 is 23.2 Å². The van der Waals surface area contributed by atoms with Crippen molar-refractivity contribution in [1.82, 2.24) is 10.6 Å². The molecule has 0 aromatic heterocycles. The number of methoxy groups -OCH3 is 1. The molecule has 0 amide bonds. The molecule has 0 saturated carbocycles. The maximum Gasteiger partial charge on any atom is 0.190 e. The Labute approximate surface area is 172 Å². The van der Waals surface area contributed by atoms with Crippen LogP contribution >= 0.6 is 11.6 Å². The van der Waals surface area contributed by atoms with Crippen LogP contribution < -0.4 is 20.3 Å². The van der Waals surface area contributed by atoms with Crippen molar-refractivity contribution < 1.29 is 4.74 Å². The number of aliphatic imine (C=N–C) groups is 1. The Bertz CT molecular complexity index is 781. The lowest BCUT2D eigenvalue weighted by molar-refractivity contribution is 0.414. The maximum absolute atomic E-state index is 6.31. The van der Waals surface area contributed by atoms with Gasteiger partial charge in [-0.05, 0) is 48.6 Å². The van der Waals surface area contributed by atoms with Crippen LogP contribution in [0.1, 0.15) is 12.0 Å². The molecule has 2 aromatic rings. The Kier molecular flexibility index (Phi) is 7.43. The minimum absolute atomic E-state index is 0.620. The molecular weight excluding hydrogens is 372 g/mol. The van der Waals surface area contributed by atoms with Crippen LogP contribution in [0.25, 0.3) is 0 Å². The van der Waals surface area contributed by atoms with Crippen LogP contribution in [0.2, 0.25) is 5.02 Å². The van der Waals surface area contributed by atoms with Gasteiger partial charge in [-0.1, -0.05) is 35.9 Å². The third kappa shape index (κ3) is 5.55. The Hall–Kier alpha value is -2.40. The minimum atomic E-state index is 0.620. The van der Waals surface area contributed by atoms with Gasteiger partial charge in [0.1, 0.15) is 5.75 Å². The van der Waals surface area contributed by atoms with E-state index in [1.54, 1.807) is 14.2 Å². The SMILES string of the molecule is CN=C(NCCc1ccc(OC)cc1Cl)NCC1CCN(c2ccccc2)C1. The fourth-order valence-electron chi connectivity index (χ4n) is 3.51. The van der Waals surface area contributed by atoms with E-state index in [0.717, 1.165) is 54.9 Å². The summed E-state index contributed by atoms with van der Waals surface area (Å²) in [6.07, 6.45) is 2.02. The van der Waals surface area contributed by atoms with E-state index in [2.05, 4.69) is 50.9 Å². The first kappa shape index (κ1) is 20.3. The summed E-state index contributed by atoms with van der Waals surface area (Å²) in [5, 5.41) is 7.57. The summed E-state index contributed by atoms with van der Waals surface area (Å²) >= 11 is 6.31. The van der Waals surface area contributed by atoms with E-state index in [4.69, 9.17) is 16.3 Å². The third-order valence-electron chi connectivity index (χ3n) is 5.14. The molecule has 0 bridgehead atoms. The maximum atomic E-state index is 6.31. The first-order valence-corrected chi connectivity index (χ1v) is 10.1. The van der Waals surface area contributed by atoms with E-state index in [1.165, 1.54) is 12.1 Å². The van der Waals surface area contributed by atoms with Crippen LogP contribution in [-0.4, -0.2) is 46.3 Å². The number of ether oxygens (including phenoxy) is 1. The number of para-hydroxylation sites is 1. The van der Waals surface area contributed by atoms with Gasteiger partial charge in [0.15, 0.2) is 5.96 Å². The molecule has 3 rings (SSSR count). The number of nitrogens with one attached hydrogen (secondary N) is 2. The van der Waals surface area contributed by atoms with Gasteiger partial charge in [0, 0.05) is 43.9 Å². The molecule has 0 radical (unpaired) electrons. The van der Waals surface area contributed by atoms with Gasteiger partial charge in [-0.3, -0.25) is 4.99 Å². The first-order valence-electron chi connectivity index (χ1n) is 9.76. The van der Waals surface area contributed by atoms with E-state index >= 15 is 0 Å². The number of hydrogen-bond donors (Lipinski definition) is 2. The molecule has 1 aliphatic heterocycles. The third-order valence-corrected chi connectivity index (χ3v) is 5.49. The zero-order chi connectivity index (χ0) is 19.8. The second kappa shape index (κ2) is 10.2. The Balaban J connectivity index is 1.40. The number of benzene rings is 2. The molecular formula is C22H29ClN4O. The quantitative estimate of drug-likeness (QED) is 0.551. The lowest BCUT2D eigenvalue weighted by Gasteiger charge is -2.19. The summed E-state index contributed by atoms with van der Waals surface area (Å²) in [5.41, 5.74) is 2.41. The fourth-order valence-corrected chi connectivity index (χ4v) is 3.77. The summed E-state index contributed by atoms with van der Waals surface area (Å²) in [4.78, 5) is 6.79. The smallest absolute Gasteiger partial charge is 0.190 e. The molecule has 1 atom stereocenters. The first-order chi connectivity index (χ1) is 13.7. The van der Waals surface area contributed by atoms with E-state index in [-0.39, 0.29) is 0 Å². The Morgan fingerprint density at radius 2 is 2.04 bits per heavy atom. The van der Waals surface area contributed by atoms with Crippen molar-refractivity contribution in [1.29, 1.82) is 0 Å². The molecule has 2 N–H and O–H groups in total. The van der Waals surface area contributed by atoms with E-state index in [0.29, 0.717) is 5.92 Å². The molecule has 150 valence electrons. The van der Waals surface area contributed by atoms with Gasteiger partial charge in [-0.25, -0.2) is 0 Å². The summed E-state index contributed by atoms with van der Waals surface area (Å²) in [7, 11) is 3.45. The molecule has 1 heterocycles. The number of rotatable bonds is 7. The van der Waals surface area contributed by atoms with Crippen molar-refractivity contribution in [3.05, 3.63) is 59.1 Å². The Morgan fingerprint density at radius 1 is 1.21 bits per heavy atom. The molecule has 1 aliphatic rings. The average Bonchev–Trinajstić information content (AvgIpc) is 3.21. The van der Waals surface area contributed by atoms with Crippen LogP contribution in [0.4, 0.5) is 5.69 Å². The molecule has 1 fully saturated rings. The van der Waals surface area contributed by atoms with Gasteiger partial charge in [0.25, 0.3) is 0 Å². The van der Waals surface area contributed by atoms with Gasteiger partial charge < -0.3 is 20.3 Å². The molecule has 0 aliphatic carbocycles. The van der Waals surface area contributed by atoms with E-state index in [9.17, 15) is 0 Å². The van der Waals surface area contributed by atoms with Crippen LogP contribution in [0.5, 0.6) is 5.75 Å². The lowest BCUT2D eigenvalue weighted by atomic mass is 10.1. The van der Waals surface area contributed by atoms with Gasteiger partial charge in [0.2, 0.25) is 0 Å². The molecule has 28 heavy (non-hydrogen) atoms. The van der Waals surface area contributed by atoms with Crippen molar-refractivity contribution in [3.8, 4) is 5.75 Å². The van der Waals surface area contributed by atoms with Crippen molar-refractivity contribution in [2.75, 3.05) is 45.2 Å². The molecule has 0 spiro atoms. The highest BCUT2D eigenvalue weighted by Crippen LogP contribution is 2.23. The highest BCUT2D eigenvalue weighted by Gasteiger charge is 2.22. The van der Waals surface area contributed by atoms with Crippen LogP contribution in [0.15, 0.2) is 53.5 Å². The number of nitrogens with zero attached hydrogens (tertiary/aromatic N) is 2. The van der Waals surface area contributed by atoms with Gasteiger partial charge in [-0.15, -0.1) is 0 Å². The number of halogens is 1. The zero-order valence-corrected chi connectivity index (χ0v) is 17.4. The van der Waals surface area contributed by atoms with Crippen molar-refractivity contribution in [2.24, 2.45) is 10.9 Å². The molecule has 6 heteroatoms. The molecule has 2 aromatic carbocycles. The van der Waals surface area contributed by atoms with Gasteiger partial charge >= 0.3 is 0 Å². The minimum Gasteiger partial charge on any atom is -0.497 e. The predicted octanol–water partition coefficient (Wildman–Crippen LogP) is 3.58. The van der Waals surface area contributed by atoms with E-state index in [1.807, 2.05) is 18.2 Å². The van der Waals surface area contributed by atoms with Gasteiger partial charge in [0.05, 0.1) is 7.11 Å². The summed E-state index contributed by atoms with van der Waals surface area (Å²) in [6, 6.07) is 16.4. The largest absolute Gasteiger partial charge is 0.497 e. The second-order valence-corrected chi connectivity index (χ2v) is 7.43. The number of hydrogen-bond acceptors (Lipinski definition) is 3. The number of guanidine groups is 1. The zero-order valence-electron chi connectivity index (χ0n) is 16.6. The van der Waals surface area contributed by atoms with E-state index < -0.39 is 0 Å². The monoisotopic (exact) mass is 400 g/mol. The van der Waals surface area contributed by atoms with Crippen LogP contribution in [-0.2, 0) is 6.42 Å².